The molecule has 2 N–H and O–H groups in total. The number of hydrogen-bond donors (Lipinski definition) is 1. The second-order valence-electron chi connectivity index (χ2n) is 4.97. The lowest BCUT2D eigenvalue weighted by atomic mass is 10.1. The number of nitrogens with two attached hydrogens (primary N) is 1. The number of nitrogens with zero attached hydrogens (tertiary/aromatic N) is 4. The van der Waals surface area contributed by atoms with Crippen molar-refractivity contribution in [2.24, 2.45) is 12.8 Å². The number of carbonyl (C=O) groups is 1. The van der Waals surface area contributed by atoms with Gasteiger partial charge in [-0.2, -0.15) is 0 Å². The molecule has 0 fully saturated rings. The largest absolute Gasteiger partial charge is 0.369 e. The summed E-state index contributed by atoms with van der Waals surface area (Å²) in [6, 6.07) is 8.23. The van der Waals surface area contributed by atoms with Crippen LogP contribution in [0.1, 0.15) is 6.92 Å². The molecule has 1 aromatic carbocycles. The minimum atomic E-state index is -0.364. The molecule has 0 atom stereocenters. The molecule has 0 aliphatic heterocycles. The van der Waals surface area contributed by atoms with Crippen LogP contribution in [0.2, 0.25) is 0 Å². The molecule has 3 rings (SSSR count). The fourth-order valence-corrected chi connectivity index (χ4v) is 3.15. The first-order chi connectivity index (χ1) is 10.6. The predicted octanol–water partition coefficient (Wildman–Crippen LogP) is 2.03. The van der Waals surface area contributed by atoms with Gasteiger partial charge in [-0.15, -0.1) is 10.2 Å². The number of primary amides is 1. The van der Waals surface area contributed by atoms with Crippen LogP contribution in [0.4, 0.5) is 0 Å². The van der Waals surface area contributed by atoms with E-state index in [1.807, 2.05) is 23.7 Å². The van der Waals surface area contributed by atoms with E-state index in [2.05, 4.69) is 40.0 Å². The van der Waals surface area contributed by atoms with Crippen molar-refractivity contribution >= 4 is 28.6 Å². The van der Waals surface area contributed by atoms with Gasteiger partial charge < -0.3 is 14.9 Å². The first-order valence-electron chi connectivity index (χ1n) is 7.00. The number of fused-ring (bicyclic) bond motifs is 1. The second kappa shape index (κ2) is 5.84. The van der Waals surface area contributed by atoms with Crippen molar-refractivity contribution in [3.05, 3.63) is 30.5 Å². The normalized spacial score (nSPS) is 11.2. The van der Waals surface area contributed by atoms with Crippen molar-refractivity contribution in [1.82, 2.24) is 19.3 Å². The standard InChI is InChI=1S/C15H17N5OS/c1-3-20-8-11(10-6-4-5-7-12(10)20)14-17-18-15(19(14)2)22-9-13(16)21/h4-8H,3,9H2,1-2H3,(H2,16,21). The van der Waals surface area contributed by atoms with E-state index in [0.717, 1.165) is 23.3 Å². The van der Waals surface area contributed by atoms with E-state index in [1.165, 1.54) is 17.3 Å². The lowest BCUT2D eigenvalue weighted by molar-refractivity contribution is -0.115. The Hall–Kier alpha value is -2.28. The van der Waals surface area contributed by atoms with Gasteiger partial charge in [-0.1, -0.05) is 30.0 Å². The molecule has 0 bridgehead atoms. The average Bonchev–Trinajstić information content (AvgIpc) is 3.05. The second-order valence-corrected chi connectivity index (χ2v) is 5.91. The SMILES string of the molecule is CCn1cc(-c2nnc(SCC(N)=O)n2C)c2ccccc21. The Morgan fingerprint density at radius 3 is 2.82 bits per heavy atom. The maximum absolute atomic E-state index is 10.9. The number of aryl methyl sites for hydroxylation is 1. The summed E-state index contributed by atoms with van der Waals surface area (Å²) in [7, 11) is 1.90. The molecular weight excluding hydrogens is 298 g/mol. The highest BCUT2D eigenvalue weighted by molar-refractivity contribution is 7.99. The smallest absolute Gasteiger partial charge is 0.227 e. The van der Waals surface area contributed by atoms with Gasteiger partial charge in [0.2, 0.25) is 5.91 Å². The maximum atomic E-state index is 10.9. The van der Waals surface area contributed by atoms with E-state index < -0.39 is 0 Å². The van der Waals surface area contributed by atoms with Crippen LogP contribution in [-0.2, 0) is 18.4 Å². The molecule has 0 saturated heterocycles. The Morgan fingerprint density at radius 1 is 1.32 bits per heavy atom. The van der Waals surface area contributed by atoms with Crippen molar-refractivity contribution in [3.63, 3.8) is 0 Å². The van der Waals surface area contributed by atoms with Gasteiger partial charge in [-0.05, 0) is 13.0 Å². The number of thioether (sulfide) groups is 1. The highest BCUT2D eigenvalue weighted by Gasteiger charge is 2.16. The van der Waals surface area contributed by atoms with Crippen molar-refractivity contribution in [3.8, 4) is 11.4 Å². The zero-order chi connectivity index (χ0) is 15.7. The van der Waals surface area contributed by atoms with Crippen LogP contribution < -0.4 is 5.73 Å². The van der Waals surface area contributed by atoms with Crippen molar-refractivity contribution in [1.29, 1.82) is 0 Å². The molecule has 114 valence electrons. The quantitative estimate of drug-likeness (QED) is 0.731. The monoisotopic (exact) mass is 315 g/mol. The minimum Gasteiger partial charge on any atom is -0.369 e. The molecule has 0 unspecified atom stereocenters. The first-order valence-corrected chi connectivity index (χ1v) is 7.99. The summed E-state index contributed by atoms with van der Waals surface area (Å²) in [4.78, 5) is 10.9. The Labute approximate surface area is 132 Å². The Kier molecular flexibility index (Phi) is 3.89. The number of benzene rings is 1. The number of aromatic nitrogens is 4. The minimum absolute atomic E-state index is 0.197. The topological polar surface area (TPSA) is 78.7 Å². The molecule has 2 heterocycles. The van der Waals surface area contributed by atoms with Gasteiger partial charge in [0.15, 0.2) is 11.0 Å². The highest BCUT2D eigenvalue weighted by atomic mass is 32.2. The summed E-state index contributed by atoms with van der Waals surface area (Å²) in [5, 5.41) is 10.3. The molecule has 22 heavy (non-hydrogen) atoms. The van der Waals surface area contributed by atoms with E-state index in [-0.39, 0.29) is 11.7 Å². The zero-order valence-corrected chi connectivity index (χ0v) is 13.3. The number of carbonyl (C=O) groups excluding carboxylic acids is 1. The van der Waals surface area contributed by atoms with Crippen molar-refractivity contribution in [2.75, 3.05) is 5.75 Å². The molecule has 0 radical (unpaired) electrons. The van der Waals surface area contributed by atoms with Crippen molar-refractivity contribution < 1.29 is 4.79 Å². The lowest BCUT2D eigenvalue weighted by Crippen LogP contribution is -2.13. The molecular formula is C15H17N5OS. The molecule has 6 nitrogen and oxygen atoms in total. The zero-order valence-electron chi connectivity index (χ0n) is 12.5. The van der Waals surface area contributed by atoms with E-state index in [0.29, 0.717) is 5.16 Å². The fourth-order valence-electron chi connectivity index (χ4n) is 2.50. The highest BCUT2D eigenvalue weighted by Crippen LogP contribution is 2.30. The third kappa shape index (κ3) is 2.48. The molecule has 1 amide bonds. The maximum Gasteiger partial charge on any atom is 0.227 e. The summed E-state index contributed by atoms with van der Waals surface area (Å²) >= 11 is 1.30. The third-order valence-corrected chi connectivity index (χ3v) is 4.59. The molecule has 7 heteroatoms. The molecule has 2 aromatic heterocycles. The van der Waals surface area contributed by atoms with Crippen LogP contribution in [0.5, 0.6) is 0 Å². The predicted molar refractivity (Wildman–Crippen MR) is 87.5 cm³/mol. The average molecular weight is 315 g/mol. The van der Waals surface area contributed by atoms with Gasteiger partial charge in [-0.3, -0.25) is 4.79 Å². The van der Waals surface area contributed by atoms with Gasteiger partial charge in [0.1, 0.15) is 0 Å². The van der Waals surface area contributed by atoms with E-state index in [4.69, 9.17) is 5.73 Å². The van der Waals surface area contributed by atoms with Crippen LogP contribution in [-0.4, -0.2) is 31.0 Å². The Bertz CT molecular complexity index is 836. The molecule has 0 spiro atoms. The van der Waals surface area contributed by atoms with Crippen LogP contribution in [0, 0.1) is 0 Å². The van der Waals surface area contributed by atoms with Crippen molar-refractivity contribution in [2.45, 2.75) is 18.6 Å². The van der Waals surface area contributed by atoms with Crippen LogP contribution in [0.3, 0.4) is 0 Å². The van der Waals surface area contributed by atoms with Gasteiger partial charge in [0.25, 0.3) is 0 Å². The van der Waals surface area contributed by atoms with E-state index in [1.54, 1.807) is 0 Å². The van der Waals surface area contributed by atoms with Gasteiger partial charge in [0, 0.05) is 36.3 Å². The molecule has 0 aliphatic carbocycles. The lowest BCUT2D eigenvalue weighted by Gasteiger charge is -2.02. The number of hydrogen-bond acceptors (Lipinski definition) is 4. The number of amides is 1. The summed E-state index contributed by atoms with van der Waals surface area (Å²) < 4.78 is 4.09. The molecule has 0 aliphatic rings. The fraction of sp³-hybridized carbons (Fsp3) is 0.267. The summed E-state index contributed by atoms with van der Waals surface area (Å²) in [5.41, 5.74) is 7.40. The summed E-state index contributed by atoms with van der Waals surface area (Å²) in [5.74, 6) is 0.621. The van der Waals surface area contributed by atoms with E-state index >= 15 is 0 Å². The Balaban J connectivity index is 2.07. The van der Waals surface area contributed by atoms with Crippen LogP contribution in [0.25, 0.3) is 22.3 Å². The number of para-hydroxylation sites is 1. The molecule has 3 aromatic rings. The van der Waals surface area contributed by atoms with Gasteiger partial charge >= 0.3 is 0 Å². The van der Waals surface area contributed by atoms with E-state index in [9.17, 15) is 4.79 Å². The van der Waals surface area contributed by atoms with Crippen LogP contribution in [0.15, 0.2) is 35.6 Å². The Morgan fingerprint density at radius 2 is 2.09 bits per heavy atom. The number of rotatable bonds is 5. The summed E-state index contributed by atoms with van der Waals surface area (Å²) in [6.45, 7) is 3.00. The molecule has 0 saturated carbocycles. The first kappa shape index (κ1) is 14.6. The van der Waals surface area contributed by atoms with Gasteiger partial charge in [-0.25, -0.2) is 0 Å². The van der Waals surface area contributed by atoms with Crippen LogP contribution >= 0.6 is 11.8 Å². The van der Waals surface area contributed by atoms with Gasteiger partial charge in [0.05, 0.1) is 5.75 Å². The summed E-state index contributed by atoms with van der Waals surface area (Å²) in [6.07, 6.45) is 2.09. The third-order valence-electron chi connectivity index (χ3n) is 3.55.